The predicted molar refractivity (Wildman–Crippen MR) is 57.9 cm³/mol. The van der Waals surface area contributed by atoms with Gasteiger partial charge in [-0.25, -0.2) is 0 Å². The summed E-state index contributed by atoms with van der Waals surface area (Å²) in [4.78, 5) is 0. The standard InChI is InChI=1S/C9H10INO2/c10-5-3-7(12)9-6(11)1-2-13-8(9)4-5/h3-4,6,12H,1-2,11H2/t6-/m0/s1. The minimum atomic E-state index is -0.0965. The summed E-state index contributed by atoms with van der Waals surface area (Å²) in [7, 11) is 0. The van der Waals surface area contributed by atoms with Crippen molar-refractivity contribution in [2.75, 3.05) is 6.61 Å². The van der Waals surface area contributed by atoms with Crippen LogP contribution in [0.3, 0.4) is 0 Å². The molecule has 3 nitrogen and oxygen atoms in total. The van der Waals surface area contributed by atoms with Crippen molar-refractivity contribution in [2.24, 2.45) is 5.73 Å². The van der Waals surface area contributed by atoms with Gasteiger partial charge in [-0.1, -0.05) is 0 Å². The molecular weight excluding hydrogens is 281 g/mol. The van der Waals surface area contributed by atoms with Crippen molar-refractivity contribution >= 4 is 22.6 Å². The number of benzene rings is 1. The zero-order valence-electron chi connectivity index (χ0n) is 6.96. The van der Waals surface area contributed by atoms with Gasteiger partial charge in [0.05, 0.1) is 12.2 Å². The monoisotopic (exact) mass is 291 g/mol. The van der Waals surface area contributed by atoms with Crippen LogP contribution in [0, 0.1) is 3.57 Å². The van der Waals surface area contributed by atoms with Crippen LogP contribution in [0.25, 0.3) is 0 Å². The van der Waals surface area contributed by atoms with Crippen LogP contribution in [0.2, 0.25) is 0 Å². The van der Waals surface area contributed by atoms with Crippen molar-refractivity contribution in [1.29, 1.82) is 0 Å². The first kappa shape index (κ1) is 9.08. The Kier molecular flexibility index (Phi) is 2.33. The van der Waals surface area contributed by atoms with Crippen molar-refractivity contribution in [3.05, 3.63) is 21.3 Å². The number of aromatic hydroxyl groups is 1. The van der Waals surface area contributed by atoms with Crippen molar-refractivity contribution in [2.45, 2.75) is 12.5 Å². The minimum absolute atomic E-state index is 0.0965. The van der Waals surface area contributed by atoms with Gasteiger partial charge in [-0.3, -0.25) is 0 Å². The van der Waals surface area contributed by atoms with Crippen molar-refractivity contribution in [3.63, 3.8) is 0 Å². The zero-order valence-corrected chi connectivity index (χ0v) is 9.11. The molecule has 2 rings (SSSR count). The highest BCUT2D eigenvalue weighted by Gasteiger charge is 2.22. The summed E-state index contributed by atoms with van der Waals surface area (Å²) in [6.45, 7) is 0.633. The molecule has 4 heteroatoms. The number of fused-ring (bicyclic) bond motifs is 1. The lowest BCUT2D eigenvalue weighted by Gasteiger charge is -2.23. The molecule has 1 aliphatic heterocycles. The fourth-order valence-corrected chi connectivity index (χ4v) is 2.09. The van der Waals surface area contributed by atoms with Gasteiger partial charge in [0.15, 0.2) is 0 Å². The molecular formula is C9H10INO2. The number of hydrogen-bond acceptors (Lipinski definition) is 3. The highest BCUT2D eigenvalue weighted by molar-refractivity contribution is 14.1. The molecule has 1 aliphatic rings. The van der Waals surface area contributed by atoms with E-state index in [0.29, 0.717) is 6.61 Å². The van der Waals surface area contributed by atoms with E-state index in [1.165, 1.54) is 0 Å². The van der Waals surface area contributed by atoms with E-state index in [0.717, 1.165) is 21.3 Å². The van der Waals surface area contributed by atoms with Crippen LogP contribution in [0.15, 0.2) is 12.1 Å². The molecule has 13 heavy (non-hydrogen) atoms. The van der Waals surface area contributed by atoms with Gasteiger partial charge >= 0.3 is 0 Å². The van der Waals surface area contributed by atoms with E-state index in [9.17, 15) is 5.11 Å². The van der Waals surface area contributed by atoms with E-state index in [1.807, 2.05) is 6.07 Å². The van der Waals surface area contributed by atoms with Crippen molar-refractivity contribution < 1.29 is 9.84 Å². The van der Waals surface area contributed by atoms with Crippen LogP contribution >= 0.6 is 22.6 Å². The van der Waals surface area contributed by atoms with Gasteiger partial charge in [0.1, 0.15) is 11.5 Å². The SMILES string of the molecule is N[C@H]1CCOc2cc(I)cc(O)c21. The molecule has 70 valence electrons. The molecule has 0 fully saturated rings. The number of rotatable bonds is 0. The highest BCUT2D eigenvalue weighted by Crippen LogP contribution is 2.38. The molecule has 0 spiro atoms. The van der Waals surface area contributed by atoms with Crippen LogP contribution in [-0.4, -0.2) is 11.7 Å². The quantitative estimate of drug-likeness (QED) is 0.716. The first-order valence-corrected chi connectivity index (χ1v) is 5.17. The fraction of sp³-hybridized carbons (Fsp3) is 0.333. The van der Waals surface area contributed by atoms with Crippen LogP contribution < -0.4 is 10.5 Å². The topological polar surface area (TPSA) is 55.5 Å². The van der Waals surface area contributed by atoms with E-state index in [1.54, 1.807) is 6.07 Å². The third kappa shape index (κ3) is 1.60. The Morgan fingerprint density at radius 2 is 2.31 bits per heavy atom. The highest BCUT2D eigenvalue weighted by atomic mass is 127. The van der Waals surface area contributed by atoms with Gasteiger partial charge in [-0.2, -0.15) is 0 Å². The second kappa shape index (κ2) is 3.34. The summed E-state index contributed by atoms with van der Waals surface area (Å²) in [5, 5.41) is 9.64. The number of ether oxygens (including phenoxy) is 1. The van der Waals surface area contributed by atoms with E-state index in [4.69, 9.17) is 10.5 Å². The molecule has 1 atom stereocenters. The van der Waals surface area contributed by atoms with Crippen LogP contribution in [0.5, 0.6) is 11.5 Å². The number of phenolic OH excluding ortho intramolecular Hbond substituents is 1. The largest absolute Gasteiger partial charge is 0.507 e. The van der Waals surface area contributed by atoms with E-state index >= 15 is 0 Å². The van der Waals surface area contributed by atoms with Gasteiger partial charge in [0, 0.05) is 16.0 Å². The number of halogens is 1. The molecule has 0 saturated heterocycles. The van der Waals surface area contributed by atoms with Gasteiger partial charge in [-0.15, -0.1) is 0 Å². The Morgan fingerprint density at radius 1 is 1.54 bits per heavy atom. The Hall–Kier alpha value is -0.490. The average Bonchev–Trinajstić information content (AvgIpc) is 2.02. The van der Waals surface area contributed by atoms with Crippen molar-refractivity contribution in [1.82, 2.24) is 0 Å². The second-order valence-electron chi connectivity index (χ2n) is 3.08. The molecule has 1 aromatic rings. The lowest BCUT2D eigenvalue weighted by atomic mass is 10.0. The fourth-order valence-electron chi connectivity index (χ4n) is 1.51. The Morgan fingerprint density at radius 3 is 3.08 bits per heavy atom. The molecule has 0 amide bonds. The summed E-state index contributed by atoms with van der Waals surface area (Å²) >= 11 is 2.14. The molecule has 0 bridgehead atoms. The maximum absolute atomic E-state index is 9.64. The van der Waals surface area contributed by atoms with Gasteiger partial charge in [-0.05, 0) is 34.7 Å². The Balaban J connectivity index is 2.56. The number of nitrogens with two attached hydrogens (primary N) is 1. The van der Waals surface area contributed by atoms with Crippen LogP contribution in [0.1, 0.15) is 18.0 Å². The lowest BCUT2D eigenvalue weighted by molar-refractivity contribution is 0.263. The van der Waals surface area contributed by atoms with Crippen molar-refractivity contribution in [3.8, 4) is 11.5 Å². The normalized spacial score (nSPS) is 20.6. The molecule has 0 radical (unpaired) electrons. The maximum atomic E-state index is 9.64. The summed E-state index contributed by atoms with van der Waals surface area (Å²) in [5.74, 6) is 0.970. The zero-order chi connectivity index (χ0) is 9.42. The molecule has 0 saturated carbocycles. The summed E-state index contributed by atoms with van der Waals surface area (Å²) in [6, 6.07) is 3.50. The molecule has 0 unspecified atom stereocenters. The summed E-state index contributed by atoms with van der Waals surface area (Å²) < 4.78 is 6.37. The maximum Gasteiger partial charge on any atom is 0.128 e. The number of phenols is 1. The molecule has 3 N–H and O–H groups in total. The molecule has 1 heterocycles. The predicted octanol–water partition coefficient (Wildman–Crippen LogP) is 1.78. The molecule has 0 aromatic heterocycles. The first-order chi connectivity index (χ1) is 6.18. The van der Waals surface area contributed by atoms with E-state index in [2.05, 4.69) is 22.6 Å². The van der Waals surface area contributed by atoms with E-state index < -0.39 is 0 Å². The average molecular weight is 291 g/mol. The molecule has 1 aromatic carbocycles. The third-order valence-corrected chi connectivity index (χ3v) is 2.77. The minimum Gasteiger partial charge on any atom is -0.507 e. The Labute approximate surface area is 90.0 Å². The summed E-state index contributed by atoms with van der Waals surface area (Å²) in [5.41, 5.74) is 6.60. The van der Waals surface area contributed by atoms with Gasteiger partial charge in [0.2, 0.25) is 0 Å². The van der Waals surface area contributed by atoms with E-state index in [-0.39, 0.29) is 11.8 Å². The number of hydrogen-bond donors (Lipinski definition) is 2. The smallest absolute Gasteiger partial charge is 0.128 e. The van der Waals surface area contributed by atoms with Gasteiger partial charge in [0.25, 0.3) is 0 Å². The van der Waals surface area contributed by atoms with Gasteiger partial charge < -0.3 is 15.6 Å². The summed E-state index contributed by atoms with van der Waals surface area (Å²) in [6.07, 6.45) is 0.765. The lowest BCUT2D eigenvalue weighted by Crippen LogP contribution is -2.20. The third-order valence-electron chi connectivity index (χ3n) is 2.14. The second-order valence-corrected chi connectivity index (χ2v) is 4.33. The molecule has 0 aliphatic carbocycles. The Bertz CT molecular complexity index is 341. The van der Waals surface area contributed by atoms with Crippen LogP contribution in [-0.2, 0) is 0 Å². The first-order valence-electron chi connectivity index (χ1n) is 4.09. The van der Waals surface area contributed by atoms with Crippen LogP contribution in [0.4, 0.5) is 0 Å².